The average Bonchev–Trinajstić information content (AvgIpc) is 2.61. The van der Waals surface area contributed by atoms with Gasteiger partial charge < -0.3 is 19.6 Å². The van der Waals surface area contributed by atoms with Gasteiger partial charge in [0, 0.05) is 18.6 Å². The smallest absolute Gasteiger partial charge is 0.305 e. The van der Waals surface area contributed by atoms with E-state index in [4.69, 9.17) is 9.84 Å². The molecule has 1 amide bonds. The number of aliphatic carboxylic acids is 1. The maximum atomic E-state index is 13.5. The van der Waals surface area contributed by atoms with E-state index in [2.05, 4.69) is 5.32 Å². The van der Waals surface area contributed by atoms with E-state index >= 15 is 0 Å². The molecule has 2 N–H and O–H groups in total. The molecule has 30 heavy (non-hydrogen) atoms. The Kier molecular flexibility index (Phi) is 11.5. The highest BCUT2D eigenvalue weighted by molar-refractivity contribution is 5.77. The minimum atomic E-state index is -0.920. The molecule has 0 heterocycles. The summed E-state index contributed by atoms with van der Waals surface area (Å²) in [4.78, 5) is 23.1. The molecule has 0 bridgehead atoms. The first kappa shape index (κ1) is 26.0. The number of ether oxygens (including phenoxy) is 1. The standard InChI is InChI=1S/C22H34F2N2O4/c1-26(2,3)15-18(14-21(28)29)25-20(27)12-7-5-4-6-8-13-30-16-17-10-9-11-19(23)22(17)24/h9-11,18H,4-8,12-16H2,1-3H3,(H-,25,27,28,29)/p+1/t18-/m1/s1. The number of amides is 1. The van der Waals surface area contributed by atoms with Crippen molar-refractivity contribution in [3.05, 3.63) is 35.4 Å². The third kappa shape index (κ3) is 11.8. The molecule has 0 aliphatic carbocycles. The lowest BCUT2D eigenvalue weighted by molar-refractivity contribution is -0.871. The fourth-order valence-electron chi connectivity index (χ4n) is 3.20. The second-order valence-electron chi connectivity index (χ2n) is 8.62. The molecule has 8 heteroatoms. The first-order valence-corrected chi connectivity index (χ1v) is 10.4. The topological polar surface area (TPSA) is 75.6 Å². The van der Waals surface area contributed by atoms with Crippen molar-refractivity contribution in [3.63, 3.8) is 0 Å². The minimum Gasteiger partial charge on any atom is -0.481 e. The number of benzene rings is 1. The van der Waals surface area contributed by atoms with E-state index in [1.54, 1.807) is 0 Å². The average molecular weight is 430 g/mol. The molecule has 0 saturated heterocycles. The molecule has 1 aromatic carbocycles. The summed E-state index contributed by atoms with van der Waals surface area (Å²) in [6, 6.07) is 3.66. The summed E-state index contributed by atoms with van der Waals surface area (Å²) < 4.78 is 32.6. The quantitative estimate of drug-likeness (QED) is 0.331. The molecule has 0 saturated carbocycles. The number of halogens is 2. The molecule has 0 aromatic heterocycles. The van der Waals surface area contributed by atoms with Gasteiger partial charge in [-0.05, 0) is 18.9 Å². The highest BCUT2D eigenvalue weighted by Gasteiger charge is 2.22. The first-order valence-electron chi connectivity index (χ1n) is 10.4. The molecule has 0 aliphatic heterocycles. The van der Waals surface area contributed by atoms with Crippen molar-refractivity contribution in [2.75, 3.05) is 34.3 Å². The zero-order valence-corrected chi connectivity index (χ0v) is 18.3. The SMILES string of the molecule is C[N+](C)(C)C[C@@H](CC(=O)O)NC(=O)CCCCCCCOCc1cccc(F)c1F. The van der Waals surface area contributed by atoms with Crippen molar-refractivity contribution in [2.24, 2.45) is 0 Å². The van der Waals surface area contributed by atoms with Crippen molar-refractivity contribution < 1.29 is 32.7 Å². The highest BCUT2D eigenvalue weighted by Crippen LogP contribution is 2.13. The number of rotatable bonds is 15. The van der Waals surface area contributed by atoms with Crippen LogP contribution in [0.3, 0.4) is 0 Å². The predicted octanol–water partition coefficient (Wildman–Crippen LogP) is 3.49. The number of carboxylic acids is 1. The van der Waals surface area contributed by atoms with Crippen molar-refractivity contribution in [3.8, 4) is 0 Å². The van der Waals surface area contributed by atoms with Crippen LogP contribution in [0.15, 0.2) is 18.2 Å². The third-order valence-electron chi connectivity index (χ3n) is 4.54. The van der Waals surface area contributed by atoms with E-state index < -0.39 is 17.6 Å². The summed E-state index contributed by atoms with van der Waals surface area (Å²) in [5, 5.41) is 11.9. The van der Waals surface area contributed by atoms with Crippen LogP contribution in [0, 0.1) is 11.6 Å². The van der Waals surface area contributed by atoms with Gasteiger partial charge in [-0.15, -0.1) is 0 Å². The van der Waals surface area contributed by atoms with Crippen molar-refractivity contribution in [2.45, 2.75) is 57.6 Å². The van der Waals surface area contributed by atoms with E-state index in [-0.39, 0.29) is 30.5 Å². The fraction of sp³-hybridized carbons (Fsp3) is 0.636. The monoisotopic (exact) mass is 429 g/mol. The first-order chi connectivity index (χ1) is 14.1. The molecule has 0 radical (unpaired) electrons. The molecule has 1 atom stereocenters. The Morgan fingerprint density at radius 1 is 1.10 bits per heavy atom. The number of carboxylic acid groups (broad SMARTS) is 1. The molecule has 1 aromatic rings. The van der Waals surface area contributed by atoms with Crippen LogP contribution >= 0.6 is 0 Å². The third-order valence-corrected chi connectivity index (χ3v) is 4.54. The van der Waals surface area contributed by atoms with Crippen LogP contribution in [0.25, 0.3) is 0 Å². The van der Waals surface area contributed by atoms with Crippen LogP contribution in [0.2, 0.25) is 0 Å². The van der Waals surface area contributed by atoms with Gasteiger partial charge in [-0.25, -0.2) is 8.78 Å². The molecule has 1 rings (SSSR count). The van der Waals surface area contributed by atoms with Gasteiger partial charge in [0.25, 0.3) is 0 Å². The van der Waals surface area contributed by atoms with E-state index in [1.165, 1.54) is 12.1 Å². The van der Waals surface area contributed by atoms with Crippen LogP contribution in [0.4, 0.5) is 8.78 Å². The number of nitrogens with one attached hydrogen (secondary N) is 1. The van der Waals surface area contributed by atoms with E-state index in [1.807, 2.05) is 21.1 Å². The van der Waals surface area contributed by atoms with Gasteiger partial charge in [0.1, 0.15) is 0 Å². The number of likely N-dealkylation sites (N-methyl/N-ethyl adjacent to an activating group) is 1. The van der Waals surface area contributed by atoms with Gasteiger partial charge in [-0.2, -0.15) is 0 Å². The van der Waals surface area contributed by atoms with Gasteiger partial charge in [0.15, 0.2) is 11.6 Å². The molecule has 0 fully saturated rings. The molecule has 170 valence electrons. The highest BCUT2D eigenvalue weighted by atomic mass is 19.2. The summed E-state index contributed by atoms with van der Waals surface area (Å²) in [6.07, 6.45) is 4.62. The Balaban J connectivity index is 2.11. The van der Waals surface area contributed by atoms with E-state index in [0.717, 1.165) is 38.2 Å². The molecule has 0 aliphatic rings. The fourth-order valence-corrected chi connectivity index (χ4v) is 3.20. The van der Waals surface area contributed by atoms with Crippen LogP contribution in [0.1, 0.15) is 50.5 Å². The van der Waals surface area contributed by atoms with Gasteiger partial charge in [0.2, 0.25) is 5.91 Å². The van der Waals surface area contributed by atoms with Crippen molar-refractivity contribution in [1.29, 1.82) is 0 Å². The lowest BCUT2D eigenvalue weighted by Gasteiger charge is -2.29. The summed E-state index contributed by atoms with van der Waals surface area (Å²) >= 11 is 0. The lowest BCUT2D eigenvalue weighted by Crippen LogP contribution is -2.49. The molecule has 0 unspecified atom stereocenters. The van der Waals surface area contributed by atoms with Gasteiger partial charge in [-0.1, -0.05) is 31.4 Å². The Bertz CT molecular complexity index is 678. The normalized spacial score (nSPS) is 12.6. The summed E-state index contributed by atoms with van der Waals surface area (Å²) in [7, 11) is 5.87. The minimum absolute atomic E-state index is 0.0502. The Morgan fingerprint density at radius 2 is 1.77 bits per heavy atom. The summed E-state index contributed by atoms with van der Waals surface area (Å²) in [5.41, 5.74) is 0.215. The van der Waals surface area contributed by atoms with Gasteiger partial charge in [-0.3, -0.25) is 9.59 Å². The molecular weight excluding hydrogens is 394 g/mol. The van der Waals surface area contributed by atoms with Crippen molar-refractivity contribution >= 4 is 11.9 Å². The lowest BCUT2D eigenvalue weighted by atomic mass is 10.1. The van der Waals surface area contributed by atoms with Crippen LogP contribution in [0.5, 0.6) is 0 Å². The second kappa shape index (κ2) is 13.3. The maximum absolute atomic E-state index is 13.5. The number of hydrogen-bond donors (Lipinski definition) is 2. The zero-order valence-electron chi connectivity index (χ0n) is 18.3. The number of nitrogens with zero attached hydrogens (tertiary/aromatic N) is 1. The van der Waals surface area contributed by atoms with Crippen LogP contribution in [-0.2, 0) is 20.9 Å². The second-order valence-corrected chi connectivity index (χ2v) is 8.62. The van der Waals surface area contributed by atoms with Crippen LogP contribution in [-0.4, -0.2) is 61.8 Å². The van der Waals surface area contributed by atoms with E-state index in [9.17, 15) is 18.4 Å². The van der Waals surface area contributed by atoms with Crippen molar-refractivity contribution in [1.82, 2.24) is 5.32 Å². The Labute approximate surface area is 177 Å². The summed E-state index contributed by atoms with van der Waals surface area (Å²) in [5.74, 6) is -2.76. The maximum Gasteiger partial charge on any atom is 0.305 e. The summed E-state index contributed by atoms with van der Waals surface area (Å²) in [6.45, 7) is 1.07. The van der Waals surface area contributed by atoms with E-state index in [0.29, 0.717) is 24.1 Å². The van der Waals surface area contributed by atoms with Gasteiger partial charge >= 0.3 is 5.97 Å². The van der Waals surface area contributed by atoms with Crippen LogP contribution < -0.4 is 5.32 Å². The molecule has 0 spiro atoms. The Morgan fingerprint density at radius 3 is 2.43 bits per heavy atom. The zero-order chi connectivity index (χ0) is 22.6. The largest absolute Gasteiger partial charge is 0.481 e. The molecule has 6 nitrogen and oxygen atoms in total. The Hall–Kier alpha value is -2.06. The number of quaternary nitrogens is 1. The number of hydrogen-bond acceptors (Lipinski definition) is 3. The van der Waals surface area contributed by atoms with Gasteiger partial charge in [0.05, 0.1) is 46.8 Å². The number of carbonyl (C=O) groups excluding carboxylic acids is 1. The number of unbranched alkanes of at least 4 members (excludes halogenated alkanes) is 4. The number of carbonyl (C=O) groups is 2. The molecular formula is C22H35F2N2O4+. The predicted molar refractivity (Wildman–Crippen MR) is 111 cm³/mol.